The Bertz CT molecular complexity index is 1040. The van der Waals surface area contributed by atoms with Crippen LogP contribution < -0.4 is 4.90 Å². The summed E-state index contributed by atoms with van der Waals surface area (Å²) >= 11 is 0. The Morgan fingerprint density at radius 3 is 2.51 bits per heavy atom. The first-order chi connectivity index (χ1) is 17.1. The molecule has 2 fully saturated rings. The summed E-state index contributed by atoms with van der Waals surface area (Å²) in [7, 11) is 0. The second-order valence-corrected chi connectivity index (χ2v) is 9.67. The molecule has 3 aliphatic rings. The van der Waals surface area contributed by atoms with Gasteiger partial charge in [0.25, 0.3) is 0 Å². The summed E-state index contributed by atoms with van der Waals surface area (Å²) in [5.41, 5.74) is 4.90. The summed E-state index contributed by atoms with van der Waals surface area (Å²) in [5, 5.41) is 0. The Hall–Kier alpha value is -3.06. The average Bonchev–Trinajstić information content (AvgIpc) is 3.18. The molecule has 7 heteroatoms. The lowest BCUT2D eigenvalue weighted by Crippen LogP contribution is -2.47. The Morgan fingerprint density at radius 2 is 1.74 bits per heavy atom. The molecule has 2 atom stereocenters. The van der Waals surface area contributed by atoms with Gasteiger partial charge >= 0.3 is 12.1 Å². The number of ether oxygens (including phenoxy) is 2. The van der Waals surface area contributed by atoms with Crippen LogP contribution in [0.3, 0.4) is 0 Å². The smallest absolute Gasteiger partial charge is 0.410 e. The number of rotatable bonds is 7. The number of esters is 1. The highest BCUT2D eigenvalue weighted by Crippen LogP contribution is 2.50. The van der Waals surface area contributed by atoms with E-state index in [4.69, 9.17) is 9.47 Å². The van der Waals surface area contributed by atoms with Crippen LogP contribution in [-0.2, 0) is 20.9 Å². The second-order valence-electron chi connectivity index (χ2n) is 9.67. The van der Waals surface area contributed by atoms with Crippen molar-refractivity contribution < 1.29 is 19.1 Å². The van der Waals surface area contributed by atoms with Crippen LogP contribution in [0.2, 0.25) is 0 Å². The van der Waals surface area contributed by atoms with Gasteiger partial charge in [0.2, 0.25) is 0 Å². The molecule has 0 radical (unpaired) electrons. The van der Waals surface area contributed by atoms with E-state index in [1.807, 2.05) is 42.2 Å². The standard InChI is InChI=1S/C28H35N3O4/c1-2-34-27(32)11-12-29-14-16-30(17-15-29)23-8-9-24-22-10-13-31(26(18-22)25(24)19-23)28(33)35-20-21-6-4-3-5-7-21/h3-9,19,22,26H,2,10-18,20H2,1H3. The van der Waals surface area contributed by atoms with Crippen molar-refractivity contribution >= 4 is 17.7 Å². The van der Waals surface area contributed by atoms with E-state index in [0.29, 0.717) is 25.6 Å². The van der Waals surface area contributed by atoms with Crippen molar-refractivity contribution in [2.75, 3.05) is 50.8 Å². The van der Waals surface area contributed by atoms with E-state index in [9.17, 15) is 9.59 Å². The minimum absolute atomic E-state index is 0.0952. The summed E-state index contributed by atoms with van der Waals surface area (Å²) in [6.45, 7) is 7.80. The van der Waals surface area contributed by atoms with Crippen LogP contribution in [0.4, 0.5) is 10.5 Å². The van der Waals surface area contributed by atoms with Crippen molar-refractivity contribution in [1.82, 2.24) is 9.80 Å². The fourth-order valence-electron chi connectivity index (χ4n) is 5.69. The van der Waals surface area contributed by atoms with Crippen molar-refractivity contribution in [1.29, 1.82) is 0 Å². The lowest BCUT2D eigenvalue weighted by molar-refractivity contribution is -0.143. The molecular weight excluding hydrogens is 442 g/mol. The number of hydrogen-bond acceptors (Lipinski definition) is 6. The average molecular weight is 478 g/mol. The number of likely N-dealkylation sites (tertiary alicyclic amines) is 1. The van der Waals surface area contributed by atoms with Gasteiger partial charge in [-0.25, -0.2) is 4.79 Å². The van der Waals surface area contributed by atoms with Gasteiger partial charge in [-0.1, -0.05) is 36.4 Å². The molecule has 5 rings (SSSR count). The van der Waals surface area contributed by atoms with Crippen molar-refractivity contribution in [3.63, 3.8) is 0 Å². The molecule has 2 bridgehead atoms. The van der Waals surface area contributed by atoms with E-state index in [0.717, 1.165) is 57.7 Å². The van der Waals surface area contributed by atoms with Gasteiger partial charge in [0, 0.05) is 45.0 Å². The highest BCUT2D eigenvalue weighted by Gasteiger charge is 2.41. The maximum Gasteiger partial charge on any atom is 0.410 e. The molecule has 2 aliphatic heterocycles. The predicted octanol–water partition coefficient (Wildman–Crippen LogP) is 4.33. The zero-order chi connectivity index (χ0) is 24.2. The zero-order valence-corrected chi connectivity index (χ0v) is 20.5. The topological polar surface area (TPSA) is 62.3 Å². The van der Waals surface area contributed by atoms with Crippen LogP contribution in [-0.4, -0.2) is 67.7 Å². The maximum absolute atomic E-state index is 13.0. The molecule has 7 nitrogen and oxygen atoms in total. The van der Waals surface area contributed by atoms with Crippen molar-refractivity contribution in [2.24, 2.45) is 0 Å². The lowest BCUT2D eigenvalue weighted by Gasteiger charge is -2.36. The SMILES string of the molecule is CCOC(=O)CCN1CCN(c2ccc3c(c2)C2CC3CCN2C(=O)OCc2ccccc2)CC1. The first kappa shape index (κ1) is 23.7. The Balaban J connectivity index is 1.20. The summed E-state index contributed by atoms with van der Waals surface area (Å²) < 4.78 is 10.7. The summed E-state index contributed by atoms with van der Waals surface area (Å²) in [6, 6.07) is 16.8. The molecule has 2 unspecified atom stereocenters. The van der Waals surface area contributed by atoms with Gasteiger partial charge in [-0.3, -0.25) is 9.69 Å². The number of fused-ring (bicyclic) bond motifs is 5. The van der Waals surface area contributed by atoms with Gasteiger partial charge in [-0.15, -0.1) is 0 Å². The van der Waals surface area contributed by atoms with E-state index in [1.165, 1.54) is 16.8 Å². The minimum Gasteiger partial charge on any atom is -0.466 e. The third-order valence-corrected chi connectivity index (χ3v) is 7.59. The predicted molar refractivity (Wildman–Crippen MR) is 134 cm³/mol. The van der Waals surface area contributed by atoms with Crippen molar-refractivity contribution in [2.45, 2.75) is 44.8 Å². The third-order valence-electron chi connectivity index (χ3n) is 7.59. The van der Waals surface area contributed by atoms with Gasteiger partial charge < -0.3 is 19.3 Å². The van der Waals surface area contributed by atoms with Gasteiger partial charge in [-0.2, -0.15) is 0 Å². The number of hydrogen-bond donors (Lipinski definition) is 0. The number of piperidine rings is 1. The van der Waals surface area contributed by atoms with E-state index < -0.39 is 0 Å². The number of piperazine rings is 1. The van der Waals surface area contributed by atoms with Crippen LogP contribution in [0.5, 0.6) is 0 Å². The molecule has 186 valence electrons. The van der Waals surface area contributed by atoms with E-state index in [2.05, 4.69) is 28.0 Å². The number of nitrogens with zero attached hydrogens (tertiary/aromatic N) is 3. The Morgan fingerprint density at radius 1 is 0.943 bits per heavy atom. The highest BCUT2D eigenvalue weighted by molar-refractivity contribution is 5.70. The largest absolute Gasteiger partial charge is 0.466 e. The van der Waals surface area contributed by atoms with Crippen LogP contribution in [0.15, 0.2) is 48.5 Å². The third kappa shape index (κ3) is 5.30. The summed E-state index contributed by atoms with van der Waals surface area (Å²) in [5.74, 6) is 0.411. The number of benzene rings is 2. The molecule has 0 aromatic heterocycles. The molecule has 2 aromatic carbocycles. The normalized spacial score (nSPS) is 21.5. The molecule has 1 aliphatic carbocycles. The molecule has 35 heavy (non-hydrogen) atoms. The number of carbonyl (C=O) groups is 2. The van der Waals surface area contributed by atoms with Crippen LogP contribution in [0, 0.1) is 0 Å². The molecule has 2 saturated heterocycles. The minimum atomic E-state index is -0.217. The fraction of sp³-hybridized carbons (Fsp3) is 0.500. The quantitative estimate of drug-likeness (QED) is 0.553. The van der Waals surface area contributed by atoms with Crippen molar-refractivity contribution in [3.05, 3.63) is 65.2 Å². The van der Waals surface area contributed by atoms with Crippen LogP contribution in [0.25, 0.3) is 0 Å². The Kier molecular flexibility index (Phi) is 7.23. The fourth-order valence-corrected chi connectivity index (χ4v) is 5.69. The second kappa shape index (κ2) is 10.7. The zero-order valence-electron chi connectivity index (χ0n) is 20.5. The summed E-state index contributed by atoms with van der Waals surface area (Å²) in [6.07, 6.45) is 2.21. The number of anilines is 1. The van der Waals surface area contributed by atoms with Crippen molar-refractivity contribution in [3.8, 4) is 0 Å². The van der Waals surface area contributed by atoms with Gasteiger partial charge in [0.1, 0.15) is 6.61 Å². The van der Waals surface area contributed by atoms with Gasteiger partial charge in [0.15, 0.2) is 0 Å². The highest BCUT2D eigenvalue weighted by atomic mass is 16.6. The molecule has 0 N–H and O–H groups in total. The molecule has 1 amide bonds. The van der Waals surface area contributed by atoms with Gasteiger partial charge in [-0.05, 0) is 54.5 Å². The Labute approximate surface area is 207 Å². The first-order valence-electron chi connectivity index (χ1n) is 12.9. The van der Waals surface area contributed by atoms with Crippen LogP contribution >= 0.6 is 0 Å². The van der Waals surface area contributed by atoms with Gasteiger partial charge in [0.05, 0.1) is 19.1 Å². The molecular formula is C28H35N3O4. The number of carbonyl (C=O) groups excluding carboxylic acids is 2. The van der Waals surface area contributed by atoms with E-state index in [-0.39, 0.29) is 18.1 Å². The molecule has 2 heterocycles. The number of amides is 1. The molecule has 0 spiro atoms. The van der Waals surface area contributed by atoms with Crippen LogP contribution in [0.1, 0.15) is 54.8 Å². The monoisotopic (exact) mass is 477 g/mol. The lowest BCUT2D eigenvalue weighted by atomic mass is 9.96. The maximum atomic E-state index is 13.0. The molecule has 0 saturated carbocycles. The van der Waals surface area contributed by atoms with E-state index in [1.54, 1.807) is 0 Å². The summed E-state index contributed by atoms with van der Waals surface area (Å²) in [4.78, 5) is 31.3. The van der Waals surface area contributed by atoms with E-state index >= 15 is 0 Å². The molecule has 2 aromatic rings. The first-order valence-corrected chi connectivity index (χ1v) is 12.9.